The second-order valence-corrected chi connectivity index (χ2v) is 7.69. The number of imidazole rings is 1. The summed E-state index contributed by atoms with van der Waals surface area (Å²) >= 11 is 1.50. The molecule has 1 saturated carbocycles. The van der Waals surface area contributed by atoms with Crippen molar-refractivity contribution in [2.45, 2.75) is 43.3 Å². The number of carbonyl (C=O) groups is 1. The fourth-order valence-corrected chi connectivity index (χ4v) is 4.41. The maximum atomic E-state index is 12.4. The molecule has 0 unspecified atom stereocenters. The molecule has 4 nitrogen and oxygen atoms in total. The van der Waals surface area contributed by atoms with Gasteiger partial charge in [0.05, 0.1) is 16.8 Å². The summed E-state index contributed by atoms with van der Waals surface area (Å²) in [6, 6.07) is 18.6. The molecule has 26 heavy (non-hydrogen) atoms. The zero-order valence-corrected chi connectivity index (χ0v) is 15.5. The fourth-order valence-electron chi connectivity index (χ4n) is 3.57. The lowest BCUT2D eigenvalue weighted by atomic mass is 9.95. The van der Waals surface area contributed by atoms with Crippen LogP contribution < -0.4 is 5.32 Å². The van der Waals surface area contributed by atoms with Crippen molar-refractivity contribution in [1.29, 1.82) is 0 Å². The SMILES string of the molecule is O=C(CSc1nc2ccccc2n1-c1ccccc1)NC1CCCCC1. The third kappa shape index (κ3) is 3.78. The Bertz CT molecular complexity index is 885. The largest absolute Gasteiger partial charge is 0.353 e. The first-order valence-electron chi connectivity index (χ1n) is 9.26. The van der Waals surface area contributed by atoms with Crippen LogP contribution in [0, 0.1) is 0 Å². The summed E-state index contributed by atoms with van der Waals surface area (Å²) in [5.41, 5.74) is 3.08. The number of nitrogens with one attached hydrogen (secondary N) is 1. The number of aromatic nitrogens is 2. The minimum absolute atomic E-state index is 0.105. The highest BCUT2D eigenvalue weighted by molar-refractivity contribution is 7.99. The molecule has 0 radical (unpaired) electrons. The third-order valence-corrected chi connectivity index (χ3v) is 5.79. The monoisotopic (exact) mass is 365 g/mol. The quantitative estimate of drug-likeness (QED) is 0.674. The van der Waals surface area contributed by atoms with Gasteiger partial charge in [0.15, 0.2) is 5.16 Å². The van der Waals surface area contributed by atoms with Crippen molar-refractivity contribution in [3.8, 4) is 5.69 Å². The molecular formula is C21H23N3OS. The van der Waals surface area contributed by atoms with Crippen LogP contribution >= 0.6 is 11.8 Å². The smallest absolute Gasteiger partial charge is 0.230 e. The molecule has 5 heteroatoms. The van der Waals surface area contributed by atoms with Gasteiger partial charge in [-0.15, -0.1) is 0 Å². The normalized spacial score (nSPS) is 15.2. The fraction of sp³-hybridized carbons (Fsp3) is 0.333. The van der Waals surface area contributed by atoms with Crippen LogP contribution in [0.4, 0.5) is 0 Å². The van der Waals surface area contributed by atoms with E-state index >= 15 is 0 Å². The zero-order valence-electron chi connectivity index (χ0n) is 14.7. The number of nitrogens with zero attached hydrogens (tertiary/aromatic N) is 2. The van der Waals surface area contributed by atoms with E-state index in [2.05, 4.69) is 28.1 Å². The van der Waals surface area contributed by atoms with Crippen molar-refractivity contribution in [2.24, 2.45) is 0 Å². The molecule has 1 aliphatic carbocycles. The number of amides is 1. The minimum Gasteiger partial charge on any atom is -0.353 e. The average molecular weight is 366 g/mol. The summed E-state index contributed by atoms with van der Waals surface area (Å²) < 4.78 is 2.13. The molecule has 3 aromatic rings. The van der Waals surface area contributed by atoms with Gasteiger partial charge in [0.1, 0.15) is 0 Å². The molecule has 1 aromatic heterocycles. The number of rotatable bonds is 5. The Morgan fingerprint density at radius 2 is 1.77 bits per heavy atom. The number of carbonyl (C=O) groups excluding carboxylic acids is 1. The predicted octanol–water partition coefficient (Wildman–Crippen LogP) is 4.57. The molecule has 1 heterocycles. The van der Waals surface area contributed by atoms with E-state index in [-0.39, 0.29) is 5.91 Å². The van der Waals surface area contributed by atoms with E-state index in [0.717, 1.165) is 34.7 Å². The minimum atomic E-state index is 0.105. The number of hydrogen-bond donors (Lipinski definition) is 1. The van der Waals surface area contributed by atoms with Gasteiger partial charge in [-0.2, -0.15) is 0 Å². The Morgan fingerprint density at radius 1 is 1.04 bits per heavy atom. The summed E-state index contributed by atoms with van der Waals surface area (Å²) in [6.45, 7) is 0. The summed E-state index contributed by atoms with van der Waals surface area (Å²) in [5, 5.41) is 4.04. The zero-order chi connectivity index (χ0) is 17.8. The van der Waals surface area contributed by atoms with E-state index in [4.69, 9.17) is 4.98 Å². The Hall–Kier alpha value is -2.27. The molecule has 0 saturated heterocycles. The van der Waals surface area contributed by atoms with Crippen LogP contribution in [0.3, 0.4) is 0 Å². The molecule has 0 atom stereocenters. The third-order valence-electron chi connectivity index (χ3n) is 4.85. The molecule has 0 bridgehead atoms. The summed E-state index contributed by atoms with van der Waals surface area (Å²) in [6.07, 6.45) is 5.96. The maximum absolute atomic E-state index is 12.4. The van der Waals surface area contributed by atoms with E-state index < -0.39 is 0 Å². The molecular weight excluding hydrogens is 342 g/mol. The van der Waals surface area contributed by atoms with Crippen LogP contribution in [-0.4, -0.2) is 27.3 Å². The lowest BCUT2D eigenvalue weighted by Gasteiger charge is -2.22. The van der Waals surface area contributed by atoms with Gasteiger partial charge >= 0.3 is 0 Å². The van der Waals surface area contributed by atoms with Gasteiger partial charge in [0.2, 0.25) is 5.91 Å². The van der Waals surface area contributed by atoms with Crippen LogP contribution in [0.25, 0.3) is 16.7 Å². The van der Waals surface area contributed by atoms with Crippen molar-refractivity contribution in [3.63, 3.8) is 0 Å². The Labute approximate surface area is 158 Å². The second-order valence-electron chi connectivity index (χ2n) is 6.75. The predicted molar refractivity (Wildman–Crippen MR) is 107 cm³/mol. The van der Waals surface area contributed by atoms with Gasteiger partial charge < -0.3 is 5.32 Å². The van der Waals surface area contributed by atoms with Crippen molar-refractivity contribution in [3.05, 3.63) is 54.6 Å². The first-order valence-corrected chi connectivity index (χ1v) is 10.2. The summed E-state index contributed by atoms with van der Waals surface area (Å²) in [4.78, 5) is 17.1. The Morgan fingerprint density at radius 3 is 2.58 bits per heavy atom. The molecule has 2 aromatic carbocycles. The van der Waals surface area contributed by atoms with Crippen LogP contribution in [0.15, 0.2) is 59.8 Å². The average Bonchev–Trinajstić information content (AvgIpc) is 3.06. The van der Waals surface area contributed by atoms with Crippen molar-refractivity contribution in [2.75, 3.05) is 5.75 Å². The van der Waals surface area contributed by atoms with Gasteiger partial charge in [-0.25, -0.2) is 4.98 Å². The molecule has 1 aliphatic rings. The number of hydrogen-bond acceptors (Lipinski definition) is 3. The first-order chi connectivity index (χ1) is 12.8. The molecule has 0 spiro atoms. The van der Waals surface area contributed by atoms with Gasteiger partial charge in [0, 0.05) is 11.7 Å². The lowest BCUT2D eigenvalue weighted by Crippen LogP contribution is -2.37. The van der Waals surface area contributed by atoms with Crippen molar-refractivity contribution < 1.29 is 4.79 Å². The standard InChI is InChI=1S/C21H23N3OS/c25-20(22-16-9-3-1-4-10-16)15-26-21-23-18-13-7-8-14-19(18)24(21)17-11-5-2-6-12-17/h2,5-8,11-14,16H,1,3-4,9-10,15H2,(H,22,25). The van der Waals surface area contributed by atoms with Gasteiger partial charge in [0.25, 0.3) is 0 Å². The molecule has 4 rings (SSSR count). The Kier molecular flexibility index (Phi) is 5.25. The number of benzene rings is 2. The molecule has 1 amide bonds. The van der Waals surface area contributed by atoms with Gasteiger partial charge in [-0.1, -0.05) is 61.4 Å². The first kappa shape index (κ1) is 17.2. The number of para-hydroxylation sites is 3. The van der Waals surface area contributed by atoms with E-state index in [0.29, 0.717) is 11.8 Å². The van der Waals surface area contributed by atoms with Gasteiger partial charge in [-0.3, -0.25) is 9.36 Å². The second kappa shape index (κ2) is 7.96. The van der Waals surface area contributed by atoms with E-state index in [1.54, 1.807) is 0 Å². The molecule has 1 N–H and O–H groups in total. The van der Waals surface area contributed by atoms with Crippen molar-refractivity contribution in [1.82, 2.24) is 14.9 Å². The topological polar surface area (TPSA) is 46.9 Å². The lowest BCUT2D eigenvalue weighted by molar-refractivity contribution is -0.119. The summed E-state index contributed by atoms with van der Waals surface area (Å²) in [5.74, 6) is 0.501. The van der Waals surface area contributed by atoms with Crippen LogP contribution in [0.5, 0.6) is 0 Å². The van der Waals surface area contributed by atoms with Crippen LogP contribution in [0.2, 0.25) is 0 Å². The number of fused-ring (bicyclic) bond motifs is 1. The highest BCUT2D eigenvalue weighted by Crippen LogP contribution is 2.28. The Balaban J connectivity index is 1.53. The highest BCUT2D eigenvalue weighted by Gasteiger charge is 2.18. The van der Waals surface area contributed by atoms with E-state index in [1.165, 1.54) is 31.0 Å². The summed E-state index contributed by atoms with van der Waals surface area (Å²) in [7, 11) is 0. The molecule has 0 aliphatic heterocycles. The van der Waals surface area contributed by atoms with E-state index in [9.17, 15) is 4.79 Å². The van der Waals surface area contributed by atoms with E-state index in [1.807, 2.05) is 36.4 Å². The number of thioether (sulfide) groups is 1. The van der Waals surface area contributed by atoms with Crippen LogP contribution in [-0.2, 0) is 4.79 Å². The highest BCUT2D eigenvalue weighted by atomic mass is 32.2. The maximum Gasteiger partial charge on any atom is 0.230 e. The van der Waals surface area contributed by atoms with Gasteiger partial charge in [-0.05, 0) is 37.1 Å². The molecule has 134 valence electrons. The van der Waals surface area contributed by atoms with Crippen molar-refractivity contribution >= 4 is 28.7 Å². The van der Waals surface area contributed by atoms with Crippen LogP contribution in [0.1, 0.15) is 32.1 Å². The molecule has 1 fully saturated rings.